The summed E-state index contributed by atoms with van der Waals surface area (Å²) in [5, 5.41) is 0. The van der Waals surface area contributed by atoms with E-state index < -0.39 is 9.84 Å². The molecule has 1 aliphatic heterocycles. The van der Waals surface area contributed by atoms with Gasteiger partial charge in [-0.05, 0) is 30.4 Å². The molecule has 112 valence electrons. The average Bonchev–Trinajstić information content (AvgIpc) is 3.06. The normalized spacial score (nSPS) is 20.7. The predicted octanol–water partition coefficient (Wildman–Crippen LogP) is 1.94. The molecular formula is C15H19N3O2S. The zero-order valence-corrected chi connectivity index (χ0v) is 12.9. The molecular weight excluding hydrogens is 286 g/mol. The first-order valence-electron chi connectivity index (χ1n) is 7.24. The molecule has 1 atom stereocenters. The minimum Gasteiger partial charge on any atom is -0.329 e. The van der Waals surface area contributed by atoms with Crippen molar-refractivity contribution in [2.45, 2.75) is 26.3 Å². The Balaban J connectivity index is 1.80. The van der Waals surface area contributed by atoms with Crippen LogP contribution in [0.3, 0.4) is 0 Å². The molecule has 2 aromatic heterocycles. The molecule has 3 heterocycles. The Labute approximate surface area is 125 Å². The second-order valence-electron chi connectivity index (χ2n) is 5.58. The molecule has 6 heteroatoms. The maximum atomic E-state index is 11.6. The van der Waals surface area contributed by atoms with Crippen molar-refractivity contribution in [2.24, 2.45) is 5.92 Å². The largest absolute Gasteiger partial charge is 0.329 e. The van der Waals surface area contributed by atoms with Crippen LogP contribution in [-0.4, -0.2) is 34.5 Å². The van der Waals surface area contributed by atoms with Crippen LogP contribution in [0.2, 0.25) is 0 Å². The zero-order valence-electron chi connectivity index (χ0n) is 12.1. The molecule has 5 nitrogen and oxygen atoms in total. The molecule has 1 saturated heterocycles. The maximum absolute atomic E-state index is 11.6. The van der Waals surface area contributed by atoms with Crippen molar-refractivity contribution in [3.05, 3.63) is 36.3 Å². The van der Waals surface area contributed by atoms with Gasteiger partial charge in [-0.3, -0.25) is 4.98 Å². The quantitative estimate of drug-likeness (QED) is 0.866. The van der Waals surface area contributed by atoms with E-state index in [-0.39, 0.29) is 11.7 Å². The fraction of sp³-hybridized carbons (Fsp3) is 0.467. The summed E-state index contributed by atoms with van der Waals surface area (Å²) in [6.45, 7) is 2.78. The van der Waals surface area contributed by atoms with Gasteiger partial charge in [0.15, 0.2) is 15.7 Å². The van der Waals surface area contributed by atoms with Crippen LogP contribution in [0.1, 0.15) is 18.9 Å². The molecule has 0 saturated carbocycles. The van der Waals surface area contributed by atoms with Gasteiger partial charge in [0.05, 0.1) is 11.5 Å². The van der Waals surface area contributed by atoms with Crippen molar-refractivity contribution in [3.63, 3.8) is 0 Å². The van der Waals surface area contributed by atoms with E-state index in [1.165, 1.54) is 5.56 Å². The molecule has 2 aromatic rings. The van der Waals surface area contributed by atoms with Crippen LogP contribution in [-0.2, 0) is 22.8 Å². The van der Waals surface area contributed by atoms with Gasteiger partial charge in [0.2, 0.25) is 0 Å². The number of pyridine rings is 1. The number of imidazole rings is 1. The van der Waals surface area contributed by atoms with Crippen LogP contribution in [0.25, 0.3) is 11.5 Å². The van der Waals surface area contributed by atoms with Crippen molar-refractivity contribution in [3.8, 4) is 11.5 Å². The number of hydrogen-bond acceptors (Lipinski definition) is 4. The Bertz CT molecular complexity index is 720. The molecule has 0 bridgehead atoms. The van der Waals surface area contributed by atoms with E-state index >= 15 is 0 Å². The van der Waals surface area contributed by atoms with Crippen molar-refractivity contribution >= 4 is 9.84 Å². The van der Waals surface area contributed by atoms with Gasteiger partial charge in [0, 0.05) is 25.1 Å². The molecule has 0 unspecified atom stereocenters. The molecule has 0 aromatic carbocycles. The summed E-state index contributed by atoms with van der Waals surface area (Å²) in [6.07, 6.45) is 7.21. The predicted molar refractivity (Wildman–Crippen MR) is 81.6 cm³/mol. The Morgan fingerprint density at radius 1 is 1.33 bits per heavy atom. The third-order valence-corrected chi connectivity index (χ3v) is 5.80. The SMILES string of the molecule is CCc1ccc(-c2nccn2C[C@H]2CCS(=O)(=O)C2)nc1. The van der Waals surface area contributed by atoms with Crippen LogP contribution >= 0.6 is 0 Å². The average molecular weight is 305 g/mol. The highest BCUT2D eigenvalue weighted by Crippen LogP contribution is 2.23. The van der Waals surface area contributed by atoms with Gasteiger partial charge in [-0.15, -0.1) is 0 Å². The maximum Gasteiger partial charge on any atom is 0.158 e. The molecule has 0 aliphatic carbocycles. The molecule has 21 heavy (non-hydrogen) atoms. The second kappa shape index (κ2) is 5.60. The van der Waals surface area contributed by atoms with E-state index in [2.05, 4.69) is 23.0 Å². The van der Waals surface area contributed by atoms with Crippen LogP contribution in [0.15, 0.2) is 30.7 Å². The standard InChI is InChI=1S/C15H19N3O2S/c1-2-12-3-4-14(17-9-12)15-16-6-7-18(15)10-13-5-8-21(19,20)11-13/h3-4,6-7,9,13H,2,5,8,10-11H2,1H3/t13-/m1/s1. The third-order valence-electron chi connectivity index (χ3n) is 3.96. The van der Waals surface area contributed by atoms with Crippen LogP contribution < -0.4 is 0 Å². The summed E-state index contributed by atoms with van der Waals surface area (Å²) in [5.74, 6) is 1.58. The molecule has 0 radical (unpaired) electrons. The first-order valence-corrected chi connectivity index (χ1v) is 9.06. The summed E-state index contributed by atoms with van der Waals surface area (Å²) < 4.78 is 25.1. The zero-order chi connectivity index (χ0) is 14.9. The number of aryl methyl sites for hydroxylation is 1. The van der Waals surface area contributed by atoms with Crippen molar-refractivity contribution in [1.29, 1.82) is 0 Å². The van der Waals surface area contributed by atoms with E-state index in [4.69, 9.17) is 0 Å². The number of rotatable bonds is 4. The molecule has 0 N–H and O–H groups in total. The first kappa shape index (κ1) is 14.3. The summed E-state index contributed by atoms with van der Waals surface area (Å²) in [6, 6.07) is 4.03. The van der Waals surface area contributed by atoms with Gasteiger partial charge < -0.3 is 4.57 Å². The minimum absolute atomic E-state index is 0.179. The number of nitrogens with zero attached hydrogens (tertiary/aromatic N) is 3. The Morgan fingerprint density at radius 3 is 2.81 bits per heavy atom. The molecule has 1 fully saturated rings. The molecule has 1 aliphatic rings. The molecule has 0 spiro atoms. The van der Waals surface area contributed by atoms with E-state index in [0.717, 1.165) is 24.4 Å². The fourth-order valence-electron chi connectivity index (χ4n) is 2.75. The number of hydrogen-bond donors (Lipinski definition) is 0. The lowest BCUT2D eigenvalue weighted by Gasteiger charge is -2.11. The van der Waals surface area contributed by atoms with Crippen LogP contribution in [0.4, 0.5) is 0 Å². The second-order valence-corrected chi connectivity index (χ2v) is 7.81. The molecule has 0 amide bonds. The first-order chi connectivity index (χ1) is 10.1. The third kappa shape index (κ3) is 3.15. The highest BCUT2D eigenvalue weighted by Gasteiger charge is 2.28. The van der Waals surface area contributed by atoms with Crippen LogP contribution in [0.5, 0.6) is 0 Å². The fourth-order valence-corrected chi connectivity index (χ4v) is 4.60. The smallest absolute Gasteiger partial charge is 0.158 e. The van der Waals surface area contributed by atoms with Gasteiger partial charge in [0.1, 0.15) is 5.69 Å². The summed E-state index contributed by atoms with van der Waals surface area (Å²) >= 11 is 0. The lowest BCUT2D eigenvalue weighted by Crippen LogP contribution is -2.13. The van der Waals surface area contributed by atoms with Gasteiger partial charge in [-0.2, -0.15) is 0 Å². The summed E-state index contributed by atoms with van der Waals surface area (Å²) in [5.41, 5.74) is 2.02. The van der Waals surface area contributed by atoms with Gasteiger partial charge >= 0.3 is 0 Å². The lowest BCUT2D eigenvalue weighted by molar-refractivity contribution is 0.493. The van der Waals surface area contributed by atoms with Gasteiger partial charge in [0.25, 0.3) is 0 Å². The van der Waals surface area contributed by atoms with Crippen molar-refractivity contribution < 1.29 is 8.42 Å². The Kier molecular flexibility index (Phi) is 3.80. The summed E-state index contributed by atoms with van der Waals surface area (Å²) in [4.78, 5) is 8.83. The monoisotopic (exact) mass is 305 g/mol. The minimum atomic E-state index is -2.83. The Morgan fingerprint density at radius 2 is 2.19 bits per heavy atom. The topological polar surface area (TPSA) is 64.8 Å². The van der Waals surface area contributed by atoms with Crippen LogP contribution in [0, 0.1) is 5.92 Å². The van der Waals surface area contributed by atoms with Gasteiger partial charge in [-0.25, -0.2) is 13.4 Å². The van der Waals surface area contributed by atoms with Crippen molar-refractivity contribution in [2.75, 3.05) is 11.5 Å². The number of sulfone groups is 1. The molecule has 3 rings (SSSR count). The van der Waals surface area contributed by atoms with Gasteiger partial charge in [-0.1, -0.05) is 13.0 Å². The van der Waals surface area contributed by atoms with E-state index in [1.807, 2.05) is 23.0 Å². The number of aromatic nitrogens is 3. The Hall–Kier alpha value is -1.69. The van der Waals surface area contributed by atoms with E-state index in [9.17, 15) is 8.42 Å². The summed E-state index contributed by atoms with van der Waals surface area (Å²) in [7, 11) is -2.83. The highest BCUT2D eigenvalue weighted by atomic mass is 32.2. The lowest BCUT2D eigenvalue weighted by atomic mass is 10.1. The van der Waals surface area contributed by atoms with Crippen molar-refractivity contribution in [1.82, 2.24) is 14.5 Å². The highest BCUT2D eigenvalue weighted by molar-refractivity contribution is 7.91. The van der Waals surface area contributed by atoms with E-state index in [1.54, 1.807) is 6.20 Å². The van der Waals surface area contributed by atoms with E-state index in [0.29, 0.717) is 12.3 Å².